The van der Waals surface area contributed by atoms with Gasteiger partial charge in [0.2, 0.25) is 0 Å². The van der Waals surface area contributed by atoms with Gasteiger partial charge in [0.05, 0.1) is 18.8 Å². The third-order valence-electron chi connectivity index (χ3n) is 5.32. The van der Waals surface area contributed by atoms with Gasteiger partial charge in [-0.25, -0.2) is 4.68 Å². The minimum atomic E-state index is 0.331. The Balaban J connectivity index is 1.46. The number of likely N-dealkylation sites (tertiary alicyclic amines) is 1. The van der Waals surface area contributed by atoms with Crippen molar-refractivity contribution in [2.75, 3.05) is 33.8 Å². The maximum atomic E-state index is 6.08. The topological polar surface area (TPSA) is 46.4 Å². The number of rotatable bonds is 7. The Hall–Kier alpha value is -1.92. The number of hydrogen-bond donors (Lipinski definition) is 0. The Bertz CT molecular complexity index is 683. The fourth-order valence-corrected chi connectivity index (χ4v) is 3.65. The van der Waals surface area contributed by atoms with E-state index in [4.69, 9.17) is 4.74 Å². The molecule has 25 heavy (non-hydrogen) atoms. The molecule has 134 valence electrons. The SMILES string of the molecule is CN(C)[C@@H]1CN(Cc2ccccc2OCC2CC2)C[C@@H]1n1ccnn1. The first-order chi connectivity index (χ1) is 12.2. The summed E-state index contributed by atoms with van der Waals surface area (Å²) in [6, 6.07) is 9.23. The van der Waals surface area contributed by atoms with Crippen LogP contribution >= 0.6 is 0 Å². The molecule has 0 bridgehead atoms. The molecule has 2 aromatic rings. The van der Waals surface area contributed by atoms with Crippen LogP contribution in [-0.4, -0.2) is 64.6 Å². The number of ether oxygens (including phenoxy) is 1. The summed E-state index contributed by atoms with van der Waals surface area (Å²) < 4.78 is 8.08. The van der Waals surface area contributed by atoms with Crippen molar-refractivity contribution in [3.05, 3.63) is 42.2 Å². The first-order valence-corrected chi connectivity index (χ1v) is 9.16. The van der Waals surface area contributed by atoms with Gasteiger partial charge in [-0.15, -0.1) is 5.10 Å². The second-order valence-corrected chi connectivity index (χ2v) is 7.54. The first-order valence-electron chi connectivity index (χ1n) is 9.16. The number of benzene rings is 1. The maximum Gasteiger partial charge on any atom is 0.123 e. The van der Waals surface area contributed by atoms with E-state index in [1.54, 1.807) is 6.20 Å². The van der Waals surface area contributed by atoms with Crippen molar-refractivity contribution in [1.29, 1.82) is 0 Å². The van der Waals surface area contributed by atoms with Gasteiger partial charge in [-0.1, -0.05) is 23.4 Å². The van der Waals surface area contributed by atoms with Gasteiger partial charge in [0.15, 0.2) is 0 Å². The molecular weight excluding hydrogens is 314 g/mol. The predicted molar refractivity (Wildman–Crippen MR) is 96.5 cm³/mol. The monoisotopic (exact) mass is 341 g/mol. The maximum absolute atomic E-state index is 6.08. The van der Waals surface area contributed by atoms with Crippen LogP contribution in [0.1, 0.15) is 24.4 Å². The first kappa shape index (κ1) is 16.5. The number of aromatic nitrogens is 3. The summed E-state index contributed by atoms with van der Waals surface area (Å²) in [5, 5.41) is 8.22. The van der Waals surface area contributed by atoms with Crippen molar-refractivity contribution in [3.63, 3.8) is 0 Å². The van der Waals surface area contributed by atoms with E-state index in [1.165, 1.54) is 18.4 Å². The molecule has 1 aromatic heterocycles. The summed E-state index contributed by atoms with van der Waals surface area (Å²) in [4.78, 5) is 4.79. The van der Waals surface area contributed by atoms with E-state index in [-0.39, 0.29) is 0 Å². The Morgan fingerprint density at radius 1 is 1.20 bits per heavy atom. The van der Waals surface area contributed by atoms with Gasteiger partial charge in [-0.2, -0.15) is 0 Å². The average Bonchev–Trinajstić information content (AvgIpc) is 3.09. The van der Waals surface area contributed by atoms with Crippen molar-refractivity contribution in [3.8, 4) is 5.75 Å². The summed E-state index contributed by atoms with van der Waals surface area (Å²) in [6.07, 6.45) is 6.37. The highest BCUT2D eigenvalue weighted by Crippen LogP contribution is 2.31. The molecule has 1 saturated carbocycles. The van der Waals surface area contributed by atoms with Gasteiger partial charge < -0.3 is 9.64 Å². The fraction of sp³-hybridized carbons (Fsp3) is 0.579. The molecule has 0 spiro atoms. The molecule has 2 atom stereocenters. The molecular formula is C19H27N5O. The van der Waals surface area contributed by atoms with Gasteiger partial charge in [0.1, 0.15) is 5.75 Å². The molecule has 0 N–H and O–H groups in total. The van der Waals surface area contributed by atoms with Crippen LogP contribution < -0.4 is 4.74 Å². The van der Waals surface area contributed by atoms with Gasteiger partial charge in [0.25, 0.3) is 0 Å². The zero-order valence-corrected chi connectivity index (χ0v) is 15.1. The van der Waals surface area contributed by atoms with Gasteiger partial charge in [-0.3, -0.25) is 4.90 Å². The van der Waals surface area contributed by atoms with Crippen LogP contribution in [-0.2, 0) is 6.54 Å². The largest absolute Gasteiger partial charge is 0.493 e. The predicted octanol–water partition coefficient (Wildman–Crippen LogP) is 2.05. The van der Waals surface area contributed by atoms with Crippen LogP contribution in [0.4, 0.5) is 0 Å². The highest BCUT2D eigenvalue weighted by atomic mass is 16.5. The van der Waals surface area contributed by atoms with Crippen molar-refractivity contribution in [2.45, 2.75) is 31.5 Å². The van der Waals surface area contributed by atoms with E-state index < -0.39 is 0 Å². The van der Waals surface area contributed by atoms with Gasteiger partial charge in [-0.05, 0) is 38.9 Å². The van der Waals surface area contributed by atoms with Crippen LogP contribution in [0.5, 0.6) is 5.75 Å². The van der Waals surface area contributed by atoms with Crippen LogP contribution in [0.25, 0.3) is 0 Å². The van der Waals surface area contributed by atoms with E-state index in [0.717, 1.165) is 37.9 Å². The molecule has 2 heterocycles. The molecule has 1 saturated heterocycles. The quantitative estimate of drug-likeness (QED) is 0.771. The standard InChI is InChI=1S/C19H27N5O/c1-22(2)17-12-23(13-18(17)24-10-9-20-21-24)11-16-5-3-4-6-19(16)25-14-15-7-8-15/h3-6,9-10,15,17-18H,7-8,11-14H2,1-2H3/t17-,18+/m1/s1. The van der Waals surface area contributed by atoms with Crippen LogP contribution in [0.3, 0.4) is 0 Å². The number of para-hydroxylation sites is 1. The minimum Gasteiger partial charge on any atom is -0.493 e. The molecule has 1 aliphatic carbocycles. The zero-order chi connectivity index (χ0) is 17.2. The summed E-state index contributed by atoms with van der Waals surface area (Å²) in [7, 11) is 4.29. The van der Waals surface area contributed by atoms with E-state index in [0.29, 0.717) is 12.1 Å². The second-order valence-electron chi connectivity index (χ2n) is 7.54. The van der Waals surface area contributed by atoms with E-state index in [2.05, 4.69) is 58.5 Å². The lowest BCUT2D eigenvalue weighted by molar-refractivity contribution is 0.236. The molecule has 0 amide bonds. The molecule has 1 aromatic carbocycles. The Morgan fingerprint density at radius 3 is 2.76 bits per heavy atom. The van der Waals surface area contributed by atoms with Gasteiger partial charge in [0, 0.05) is 37.4 Å². The lowest BCUT2D eigenvalue weighted by atomic mass is 10.1. The fourth-order valence-electron chi connectivity index (χ4n) is 3.65. The number of likely N-dealkylation sites (N-methyl/N-ethyl adjacent to an activating group) is 1. The van der Waals surface area contributed by atoms with Crippen molar-refractivity contribution < 1.29 is 4.74 Å². The number of nitrogens with zero attached hydrogens (tertiary/aromatic N) is 5. The smallest absolute Gasteiger partial charge is 0.123 e. The second kappa shape index (κ2) is 7.14. The van der Waals surface area contributed by atoms with E-state index in [9.17, 15) is 0 Å². The normalized spacial score (nSPS) is 24.1. The molecule has 1 aliphatic heterocycles. The molecule has 4 rings (SSSR count). The average molecular weight is 341 g/mol. The molecule has 2 aliphatic rings. The van der Waals surface area contributed by atoms with Gasteiger partial charge >= 0.3 is 0 Å². The van der Waals surface area contributed by atoms with E-state index >= 15 is 0 Å². The van der Waals surface area contributed by atoms with Crippen LogP contribution in [0.15, 0.2) is 36.7 Å². The third kappa shape index (κ3) is 3.85. The number of hydrogen-bond acceptors (Lipinski definition) is 5. The molecule has 2 fully saturated rings. The van der Waals surface area contributed by atoms with Crippen molar-refractivity contribution in [2.24, 2.45) is 5.92 Å². The molecule has 0 radical (unpaired) electrons. The minimum absolute atomic E-state index is 0.331. The molecule has 6 heteroatoms. The molecule has 6 nitrogen and oxygen atoms in total. The Morgan fingerprint density at radius 2 is 2.04 bits per heavy atom. The van der Waals surface area contributed by atoms with Crippen molar-refractivity contribution >= 4 is 0 Å². The lowest BCUT2D eigenvalue weighted by Gasteiger charge is -2.24. The van der Waals surface area contributed by atoms with E-state index in [1.807, 2.05) is 10.9 Å². The Labute approximate surface area is 149 Å². The summed E-state index contributed by atoms with van der Waals surface area (Å²) >= 11 is 0. The summed E-state index contributed by atoms with van der Waals surface area (Å²) in [5.74, 6) is 1.81. The zero-order valence-electron chi connectivity index (χ0n) is 15.1. The highest BCUT2D eigenvalue weighted by molar-refractivity contribution is 5.33. The molecule has 0 unspecified atom stereocenters. The Kier molecular flexibility index (Phi) is 4.72. The third-order valence-corrected chi connectivity index (χ3v) is 5.32. The summed E-state index contributed by atoms with van der Waals surface area (Å²) in [5.41, 5.74) is 1.28. The van der Waals surface area contributed by atoms with Crippen LogP contribution in [0, 0.1) is 5.92 Å². The lowest BCUT2D eigenvalue weighted by Crippen LogP contribution is -2.36. The van der Waals surface area contributed by atoms with Crippen molar-refractivity contribution in [1.82, 2.24) is 24.8 Å². The highest BCUT2D eigenvalue weighted by Gasteiger charge is 2.36. The van der Waals surface area contributed by atoms with Crippen LogP contribution in [0.2, 0.25) is 0 Å². The summed E-state index contributed by atoms with van der Waals surface area (Å²) in [6.45, 7) is 3.77.